The van der Waals surface area contributed by atoms with Gasteiger partial charge in [0.1, 0.15) is 5.82 Å². The molecule has 0 aliphatic carbocycles. The maximum Gasteiger partial charge on any atom is 0.227 e. The normalized spacial score (nSPS) is 23.3. The molecule has 7 heteroatoms. The minimum Gasteiger partial charge on any atom is -0.376 e. The van der Waals surface area contributed by atoms with Crippen LogP contribution in [-0.4, -0.2) is 52.2 Å². The van der Waals surface area contributed by atoms with Crippen molar-refractivity contribution in [1.82, 2.24) is 19.9 Å². The molecule has 1 atom stereocenters. The minimum atomic E-state index is 0.258. The maximum atomic E-state index is 5.80. The Bertz CT molecular complexity index is 457. The van der Waals surface area contributed by atoms with Crippen LogP contribution < -0.4 is 11.1 Å². The summed E-state index contributed by atoms with van der Waals surface area (Å²) in [5, 5.41) is 3.22. The molecule has 2 fully saturated rings. The Hall–Kier alpha value is -1.47. The fourth-order valence-electron chi connectivity index (χ4n) is 2.92. The van der Waals surface area contributed by atoms with Crippen molar-refractivity contribution < 1.29 is 4.74 Å². The number of piperidine rings is 1. The average Bonchev–Trinajstić information content (AvgIpc) is 2.99. The van der Waals surface area contributed by atoms with Crippen LogP contribution in [0, 0.1) is 0 Å². The van der Waals surface area contributed by atoms with Crippen molar-refractivity contribution in [3.8, 4) is 0 Å². The number of rotatable bonds is 5. The van der Waals surface area contributed by atoms with Crippen LogP contribution in [0.5, 0.6) is 0 Å². The first-order chi connectivity index (χ1) is 10.3. The lowest BCUT2D eigenvalue weighted by Crippen LogP contribution is -2.30. The molecule has 3 N–H and O–H groups in total. The zero-order valence-corrected chi connectivity index (χ0v) is 12.4. The lowest BCUT2D eigenvalue weighted by Gasteiger charge is -2.25. The Morgan fingerprint density at radius 2 is 2.00 bits per heavy atom. The van der Waals surface area contributed by atoms with Gasteiger partial charge in [0.05, 0.1) is 12.6 Å². The average molecular weight is 292 g/mol. The summed E-state index contributed by atoms with van der Waals surface area (Å²) in [5.74, 6) is 1.59. The first-order valence-electron chi connectivity index (χ1n) is 7.88. The van der Waals surface area contributed by atoms with E-state index in [4.69, 9.17) is 10.5 Å². The first kappa shape index (κ1) is 14.5. The molecule has 0 spiro atoms. The Labute approximate surface area is 125 Å². The van der Waals surface area contributed by atoms with Gasteiger partial charge in [-0.05, 0) is 38.8 Å². The number of hydrogen-bond donors (Lipinski definition) is 2. The minimum absolute atomic E-state index is 0.258. The van der Waals surface area contributed by atoms with Gasteiger partial charge in [-0.3, -0.25) is 4.90 Å². The highest BCUT2D eigenvalue weighted by Gasteiger charge is 2.17. The second-order valence-corrected chi connectivity index (χ2v) is 5.79. The van der Waals surface area contributed by atoms with Crippen molar-refractivity contribution in [1.29, 1.82) is 0 Å². The summed E-state index contributed by atoms with van der Waals surface area (Å²) in [6, 6.07) is 0. The van der Waals surface area contributed by atoms with E-state index in [1.807, 2.05) is 0 Å². The molecule has 2 saturated heterocycles. The van der Waals surface area contributed by atoms with E-state index in [9.17, 15) is 0 Å². The lowest BCUT2D eigenvalue weighted by molar-refractivity contribution is 0.120. The van der Waals surface area contributed by atoms with E-state index >= 15 is 0 Å². The molecule has 1 unspecified atom stereocenters. The molecule has 2 aliphatic heterocycles. The third kappa shape index (κ3) is 4.25. The molecule has 116 valence electrons. The Morgan fingerprint density at radius 1 is 1.14 bits per heavy atom. The monoisotopic (exact) mass is 292 g/mol. The summed E-state index contributed by atoms with van der Waals surface area (Å²) in [4.78, 5) is 15.3. The molecular weight excluding hydrogens is 268 g/mol. The number of hydrogen-bond acceptors (Lipinski definition) is 7. The predicted octanol–water partition coefficient (Wildman–Crippen LogP) is 1.03. The predicted molar refractivity (Wildman–Crippen MR) is 80.8 cm³/mol. The molecule has 0 amide bonds. The summed E-state index contributed by atoms with van der Waals surface area (Å²) >= 11 is 0. The molecule has 21 heavy (non-hydrogen) atoms. The fourth-order valence-corrected chi connectivity index (χ4v) is 2.92. The number of likely N-dealkylation sites (tertiary alicyclic amines) is 1. The third-order valence-electron chi connectivity index (χ3n) is 4.02. The zero-order valence-electron chi connectivity index (χ0n) is 12.4. The van der Waals surface area contributed by atoms with E-state index in [1.54, 1.807) is 0 Å². The van der Waals surface area contributed by atoms with Crippen LogP contribution in [0.4, 0.5) is 11.9 Å². The largest absolute Gasteiger partial charge is 0.376 e. The van der Waals surface area contributed by atoms with Gasteiger partial charge < -0.3 is 15.8 Å². The second kappa shape index (κ2) is 7.00. The lowest BCUT2D eigenvalue weighted by atomic mass is 10.1. The van der Waals surface area contributed by atoms with E-state index < -0.39 is 0 Å². The fraction of sp³-hybridized carbons (Fsp3) is 0.786. The topological polar surface area (TPSA) is 89.2 Å². The Balaban J connectivity index is 1.58. The van der Waals surface area contributed by atoms with Crippen LogP contribution in [0.3, 0.4) is 0 Å². The van der Waals surface area contributed by atoms with E-state index in [1.165, 1.54) is 19.3 Å². The molecular formula is C14H24N6O. The third-order valence-corrected chi connectivity index (χ3v) is 4.02. The highest BCUT2D eigenvalue weighted by molar-refractivity contribution is 5.31. The highest BCUT2D eigenvalue weighted by atomic mass is 16.5. The highest BCUT2D eigenvalue weighted by Crippen LogP contribution is 2.14. The first-order valence-corrected chi connectivity index (χ1v) is 7.88. The van der Waals surface area contributed by atoms with Gasteiger partial charge in [0, 0.05) is 13.2 Å². The second-order valence-electron chi connectivity index (χ2n) is 5.79. The van der Waals surface area contributed by atoms with Crippen LogP contribution in [-0.2, 0) is 11.3 Å². The summed E-state index contributed by atoms with van der Waals surface area (Å²) in [5.41, 5.74) is 5.80. The summed E-state index contributed by atoms with van der Waals surface area (Å²) in [6.07, 6.45) is 6.31. The van der Waals surface area contributed by atoms with Crippen molar-refractivity contribution >= 4 is 11.9 Å². The van der Waals surface area contributed by atoms with Gasteiger partial charge in [-0.15, -0.1) is 0 Å². The number of nitrogen functional groups attached to an aromatic ring is 1. The van der Waals surface area contributed by atoms with Crippen LogP contribution in [0.1, 0.15) is 37.9 Å². The van der Waals surface area contributed by atoms with Gasteiger partial charge in [0.15, 0.2) is 0 Å². The van der Waals surface area contributed by atoms with Crippen LogP contribution in [0.2, 0.25) is 0 Å². The van der Waals surface area contributed by atoms with E-state index in [0.29, 0.717) is 5.95 Å². The van der Waals surface area contributed by atoms with Crippen molar-refractivity contribution in [2.75, 3.05) is 37.3 Å². The molecule has 0 saturated carbocycles. The molecule has 2 aliphatic rings. The zero-order chi connectivity index (χ0) is 14.5. The smallest absolute Gasteiger partial charge is 0.227 e. The van der Waals surface area contributed by atoms with Gasteiger partial charge in [0.25, 0.3) is 0 Å². The van der Waals surface area contributed by atoms with Crippen molar-refractivity contribution in [3.05, 3.63) is 5.82 Å². The van der Waals surface area contributed by atoms with Crippen LogP contribution >= 0.6 is 0 Å². The molecule has 3 rings (SSSR count). The summed E-state index contributed by atoms with van der Waals surface area (Å²) in [7, 11) is 0. The number of anilines is 2. The molecule has 0 radical (unpaired) electrons. The Morgan fingerprint density at radius 3 is 2.76 bits per heavy atom. The molecule has 0 bridgehead atoms. The Kier molecular flexibility index (Phi) is 4.82. The van der Waals surface area contributed by atoms with Gasteiger partial charge in [-0.2, -0.15) is 15.0 Å². The number of nitrogens with one attached hydrogen (secondary N) is 1. The van der Waals surface area contributed by atoms with Crippen molar-refractivity contribution in [3.63, 3.8) is 0 Å². The number of nitrogens with zero attached hydrogens (tertiary/aromatic N) is 4. The molecule has 7 nitrogen and oxygen atoms in total. The maximum absolute atomic E-state index is 5.80. The van der Waals surface area contributed by atoms with Crippen molar-refractivity contribution in [2.45, 2.75) is 44.8 Å². The number of nitrogens with two attached hydrogens (primary N) is 1. The van der Waals surface area contributed by atoms with E-state index in [-0.39, 0.29) is 12.1 Å². The van der Waals surface area contributed by atoms with Crippen LogP contribution in [0.15, 0.2) is 0 Å². The molecule has 0 aromatic carbocycles. The summed E-state index contributed by atoms with van der Waals surface area (Å²) in [6.45, 7) is 4.56. The number of ether oxygens (including phenoxy) is 1. The van der Waals surface area contributed by atoms with Crippen molar-refractivity contribution in [2.24, 2.45) is 0 Å². The number of aromatic nitrogens is 3. The standard InChI is InChI=1S/C14H24N6O/c15-13-17-12(10-20-6-2-1-3-7-20)18-14(19-13)16-9-11-5-4-8-21-11/h11H,1-10H2,(H3,15,16,17,18,19). The molecule has 3 heterocycles. The van der Waals surface area contributed by atoms with E-state index in [0.717, 1.165) is 51.5 Å². The van der Waals surface area contributed by atoms with Gasteiger partial charge in [-0.1, -0.05) is 6.42 Å². The van der Waals surface area contributed by atoms with Gasteiger partial charge in [0.2, 0.25) is 11.9 Å². The quantitative estimate of drug-likeness (QED) is 0.837. The molecule has 1 aromatic heterocycles. The van der Waals surface area contributed by atoms with E-state index in [2.05, 4.69) is 25.2 Å². The van der Waals surface area contributed by atoms with Crippen LogP contribution in [0.25, 0.3) is 0 Å². The SMILES string of the molecule is Nc1nc(CN2CCCCC2)nc(NCC2CCCO2)n1. The van der Waals surface area contributed by atoms with Gasteiger partial charge >= 0.3 is 0 Å². The summed E-state index contributed by atoms with van der Waals surface area (Å²) < 4.78 is 5.58. The molecule has 1 aromatic rings. The van der Waals surface area contributed by atoms with Gasteiger partial charge in [-0.25, -0.2) is 0 Å².